The molecule has 0 spiro atoms. The van der Waals surface area contributed by atoms with E-state index in [0.29, 0.717) is 0 Å². The van der Waals surface area contributed by atoms with Crippen molar-refractivity contribution in [1.82, 2.24) is 0 Å². The zero-order valence-corrected chi connectivity index (χ0v) is 13.0. The molecular weight excluding hydrogens is 262 g/mol. The number of nitrogens with zero attached hydrogens (tertiary/aromatic N) is 1. The van der Waals surface area contributed by atoms with Gasteiger partial charge in [0.15, 0.2) is 0 Å². The molecule has 2 aromatic rings. The summed E-state index contributed by atoms with van der Waals surface area (Å²) in [6, 6.07) is 16.8. The summed E-state index contributed by atoms with van der Waals surface area (Å²) in [5.41, 5.74) is 4.70. The molecule has 0 saturated carbocycles. The van der Waals surface area contributed by atoms with Gasteiger partial charge in [-0.15, -0.1) is 0 Å². The number of ether oxygens (including phenoxy) is 2. The first-order valence-electron chi connectivity index (χ1n) is 7.18. The molecule has 3 rings (SSSR count). The van der Waals surface area contributed by atoms with Crippen molar-refractivity contribution >= 4 is 5.69 Å². The summed E-state index contributed by atoms with van der Waals surface area (Å²) in [4.78, 5) is 2.07. The van der Waals surface area contributed by atoms with Gasteiger partial charge in [-0.25, -0.2) is 0 Å². The van der Waals surface area contributed by atoms with E-state index in [9.17, 15) is 0 Å². The van der Waals surface area contributed by atoms with E-state index in [2.05, 4.69) is 48.2 Å². The van der Waals surface area contributed by atoms with Gasteiger partial charge in [0.2, 0.25) is 0 Å². The highest BCUT2D eigenvalue weighted by atomic mass is 16.7. The number of para-hydroxylation sites is 1. The van der Waals surface area contributed by atoms with E-state index in [-0.39, 0.29) is 5.92 Å². The zero-order chi connectivity index (χ0) is 15.0. The number of hydrogen-bond acceptors (Lipinski definition) is 3. The minimum atomic E-state index is -0.905. The molecule has 0 N–H and O–H groups in total. The predicted octanol–water partition coefficient (Wildman–Crippen LogP) is 3.69. The van der Waals surface area contributed by atoms with Crippen molar-refractivity contribution in [3.8, 4) is 0 Å². The molecule has 1 atom stereocenters. The third-order valence-corrected chi connectivity index (χ3v) is 4.53. The van der Waals surface area contributed by atoms with Crippen molar-refractivity contribution in [3.63, 3.8) is 0 Å². The van der Waals surface area contributed by atoms with Gasteiger partial charge >= 0.3 is 0 Å². The fourth-order valence-corrected chi connectivity index (χ4v) is 3.41. The van der Waals surface area contributed by atoms with E-state index >= 15 is 0 Å². The molecule has 1 unspecified atom stereocenters. The molecule has 3 nitrogen and oxygen atoms in total. The first-order valence-corrected chi connectivity index (χ1v) is 7.18. The monoisotopic (exact) mass is 283 g/mol. The smallest absolute Gasteiger partial charge is 0.279 e. The molecular formula is C18H21NO2. The van der Waals surface area contributed by atoms with Gasteiger partial charge in [0, 0.05) is 38.4 Å². The van der Waals surface area contributed by atoms with Crippen molar-refractivity contribution in [2.75, 3.05) is 26.2 Å². The van der Waals surface area contributed by atoms with Crippen LogP contribution in [0.25, 0.3) is 0 Å². The van der Waals surface area contributed by atoms with Crippen LogP contribution in [0.1, 0.15) is 29.5 Å². The number of fused-ring (bicyclic) bond motifs is 2. The van der Waals surface area contributed by atoms with Gasteiger partial charge in [-0.3, -0.25) is 0 Å². The van der Waals surface area contributed by atoms with Crippen LogP contribution in [-0.4, -0.2) is 21.3 Å². The second-order valence-corrected chi connectivity index (χ2v) is 5.42. The molecule has 0 fully saturated rings. The molecule has 21 heavy (non-hydrogen) atoms. The molecule has 1 aliphatic heterocycles. The predicted molar refractivity (Wildman–Crippen MR) is 84.5 cm³/mol. The molecule has 110 valence electrons. The SMILES string of the molecule is COC1(OC)c2ccccc2C(C)c2ccccc2N1C. The molecule has 0 aromatic heterocycles. The van der Waals surface area contributed by atoms with Gasteiger partial charge in [-0.2, -0.15) is 0 Å². The minimum absolute atomic E-state index is 0.284. The van der Waals surface area contributed by atoms with Crippen molar-refractivity contribution < 1.29 is 9.47 Å². The maximum Gasteiger partial charge on any atom is 0.279 e. The molecule has 0 radical (unpaired) electrons. The fourth-order valence-electron chi connectivity index (χ4n) is 3.41. The number of methoxy groups -OCH3 is 2. The average molecular weight is 283 g/mol. The van der Waals surface area contributed by atoms with Crippen molar-refractivity contribution in [3.05, 3.63) is 65.2 Å². The topological polar surface area (TPSA) is 21.7 Å². The van der Waals surface area contributed by atoms with Crippen LogP contribution in [0.15, 0.2) is 48.5 Å². The van der Waals surface area contributed by atoms with Crippen molar-refractivity contribution in [1.29, 1.82) is 0 Å². The van der Waals surface area contributed by atoms with Crippen LogP contribution >= 0.6 is 0 Å². The highest BCUT2D eigenvalue weighted by Gasteiger charge is 2.43. The Morgan fingerprint density at radius 1 is 0.905 bits per heavy atom. The molecule has 1 heterocycles. The number of rotatable bonds is 2. The van der Waals surface area contributed by atoms with Gasteiger partial charge in [0.1, 0.15) is 0 Å². The van der Waals surface area contributed by atoms with E-state index in [1.165, 1.54) is 11.1 Å². The van der Waals surface area contributed by atoms with Gasteiger partial charge in [0.05, 0.1) is 0 Å². The third-order valence-electron chi connectivity index (χ3n) is 4.53. The summed E-state index contributed by atoms with van der Waals surface area (Å²) in [7, 11) is 5.39. The van der Waals surface area contributed by atoms with Gasteiger partial charge in [0.25, 0.3) is 5.91 Å². The molecule has 3 heteroatoms. The summed E-state index contributed by atoms with van der Waals surface area (Å²) in [6.07, 6.45) is 0. The van der Waals surface area contributed by atoms with Crippen molar-refractivity contribution in [2.24, 2.45) is 0 Å². The number of hydrogen-bond donors (Lipinski definition) is 0. The first kappa shape index (κ1) is 14.1. The molecule has 0 aliphatic carbocycles. The van der Waals surface area contributed by atoms with Gasteiger partial charge in [-0.05, 0) is 17.2 Å². The number of benzene rings is 2. The quantitative estimate of drug-likeness (QED) is 0.785. The first-order chi connectivity index (χ1) is 10.2. The Balaban J connectivity index is 2.36. The van der Waals surface area contributed by atoms with E-state index in [1.807, 2.05) is 19.2 Å². The lowest BCUT2D eigenvalue weighted by atomic mass is 9.89. The summed E-state index contributed by atoms with van der Waals surface area (Å²) >= 11 is 0. The van der Waals surface area contributed by atoms with E-state index in [4.69, 9.17) is 9.47 Å². The Hall–Kier alpha value is -1.84. The Morgan fingerprint density at radius 3 is 2.14 bits per heavy atom. The fraction of sp³-hybridized carbons (Fsp3) is 0.333. The summed E-state index contributed by atoms with van der Waals surface area (Å²) in [5.74, 6) is -0.621. The van der Waals surface area contributed by atoms with Crippen LogP contribution < -0.4 is 4.90 Å². The van der Waals surface area contributed by atoms with Crippen LogP contribution in [0.3, 0.4) is 0 Å². The lowest BCUT2D eigenvalue weighted by molar-refractivity contribution is -0.213. The van der Waals surface area contributed by atoms with E-state index in [0.717, 1.165) is 11.3 Å². The van der Waals surface area contributed by atoms with Crippen LogP contribution in [0.4, 0.5) is 5.69 Å². The maximum absolute atomic E-state index is 5.86. The Morgan fingerprint density at radius 2 is 1.48 bits per heavy atom. The van der Waals surface area contributed by atoms with Crippen LogP contribution in [0.5, 0.6) is 0 Å². The van der Waals surface area contributed by atoms with Crippen LogP contribution in [0, 0.1) is 0 Å². The molecule has 0 bridgehead atoms. The van der Waals surface area contributed by atoms with Gasteiger partial charge < -0.3 is 14.4 Å². The zero-order valence-electron chi connectivity index (χ0n) is 13.0. The molecule has 0 saturated heterocycles. The van der Waals surface area contributed by atoms with E-state index < -0.39 is 5.91 Å². The summed E-state index contributed by atoms with van der Waals surface area (Å²) in [6.45, 7) is 2.23. The second kappa shape index (κ2) is 5.17. The highest BCUT2D eigenvalue weighted by Crippen LogP contribution is 2.45. The number of anilines is 1. The minimum Gasteiger partial charge on any atom is -0.332 e. The standard InChI is InChI=1S/C18H21NO2/c1-13-14-9-5-7-11-16(14)18(20-3,21-4)19(2)17-12-8-6-10-15(13)17/h5-13H,1-4H3. The van der Waals surface area contributed by atoms with Crippen molar-refractivity contribution in [2.45, 2.75) is 18.8 Å². The van der Waals surface area contributed by atoms with Gasteiger partial charge in [-0.1, -0.05) is 49.4 Å². The molecule has 1 aliphatic rings. The summed E-state index contributed by atoms with van der Waals surface area (Å²) in [5, 5.41) is 0. The Kier molecular flexibility index (Phi) is 3.47. The average Bonchev–Trinajstić information content (AvgIpc) is 2.63. The lowest BCUT2D eigenvalue weighted by Crippen LogP contribution is -2.47. The third kappa shape index (κ3) is 1.88. The normalized spacial score (nSPS) is 19.6. The van der Waals surface area contributed by atoms with E-state index in [1.54, 1.807) is 14.2 Å². The summed E-state index contributed by atoms with van der Waals surface area (Å²) < 4.78 is 11.7. The van der Waals surface area contributed by atoms with Crippen LogP contribution in [-0.2, 0) is 15.4 Å². The highest BCUT2D eigenvalue weighted by molar-refractivity contribution is 5.62. The Bertz CT molecular complexity index is 649. The lowest BCUT2D eigenvalue weighted by Gasteiger charge is -2.40. The maximum atomic E-state index is 5.86. The second-order valence-electron chi connectivity index (χ2n) is 5.42. The molecule has 0 amide bonds. The van der Waals surface area contributed by atoms with Crippen LogP contribution in [0.2, 0.25) is 0 Å². The Labute approximate surface area is 126 Å². The molecule has 2 aromatic carbocycles. The largest absolute Gasteiger partial charge is 0.332 e.